The maximum Gasteiger partial charge on any atom is -0.0276 e. The Balaban J connectivity index is 1.82. The van der Waals surface area contributed by atoms with E-state index in [0.717, 1.165) is 11.8 Å². The van der Waals surface area contributed by atoms with Crippen LogP contribution in [-0.4, -0.2) is 0 Å². The van der Waals surface area contributed by atoms with Gasteiger partial charge in [-0.1, -0.05) is 75.8 Å². The molecule has 0 N–H and O–H groups in total. The fourth-order valence-electron chi connectivity index (χ4n) is 3.38. The SMILES string of the molecule is CC[C@H](CCc1ccccc1)C1CCCCC1. The lowest BCUT2D eigenvalue weighted by Crippen LogP contribution is -2.18. The highest BCUT2D eigenvalue weighted by atomic mass is 14.3. The van der Waals surface area contributed by atoms with Crippen LogP contribution in [0.5, 0.6) is 0 Å². The zero-order valence-electron chi connectivity index (χ0n) is 11.2. The molecule has 0 nitrogen and oxygen atoms in total. The summed E-state index contributed by atoms with van der Waals surface area (Å²) in [5.41, 5.74) is 1.52. The fourth-order valence-corrected chi connectivity index (χ4v) is 3.38. The summed E-state index contributed by atoms with van der Waals surface area (Å²) in [6.45, 7) is 2.38. The minimum Gasteiger partial charge on any atom is -0.0651 e. The normalized spacial score (nSPS) is 19.1. The van der Waals surface area contributed by atoms with Gasteiger partial charge in [0.1, 0.15) is 0 Å². The van der Waals surface area contributed by atoms with Crippen LogP contribution in [0.15, 0.2) is 30.3 Å². The Morgan fingerprint density at radius 1 is 1.06 bits per heavy atom. The first-order valence-corrected chi connectivity index (χ1v) is 7.44. The Kier molecular flexibility index (Phi) is 5.09. The molecule has 1 aromatic carbocycles. The average molecular weight is 230 g/mol. The Bertz CT molecular complexity index is 295. The van der Waals surface area contributed by atoms with Crippen LogP contribution in [-0.2, 0) is 6.42 Å². The van der Waals surface area contributed by atoms with Crippen molar-refractivity contribution in [1.82, 2.24) is 0 Å². The summed E-state index contributed by atoms with van der Waals surface area (Å²) >= 11 is 0. The molecule has 0 unspecified atom stereocenters. The molecule has 0 saturated heterocycles. The molecule has 1 aliphatic carbocycles. The van der Waals surface area contributed by atoms with Gasteiger partial charge < -0.3 is 0 Å². The van der Waals surface area contributed by atoms with Crippen molar-refractivity contribution < 1.29 is 0 Å². The Morgan fingerprint density at radius 2 is 1.76 bits per heavy atom. The predicted octanol–water partition coefficient (Wildman–Crippen LogP) is 5.23. The van der Waals surface area contributed by atoms with E-state index in [4.69, 9.17) is 0 Å². The van der Waals surface area contributed by atoms with Crippen LogP contribution in [0.4, 0.5) is 0 Å². The summed E-state index contributed by atoms with van der Waals surface area (Å²) in [5.74, 6) is 1.99. The minimum absolute atomic E-state index is 0.968. The van der Waals surface area contributed by atoms with E-state index in [0.29, 0.717) is 0 Å². The molecule has 0 heterocycles. The Hall–Kier alpha value is -0.780. The Labute approximate surface area is 106 Å². The predicted molar refractivity (Wildman–Crippen MR) is 75.1 cm³/mol. The van der Waals surface area contributed by atoms with Crippen molar-refractivity contribution in [3.05, 3.63) is 35.9 Å². The van der Waals surface area contributed by atoms with Gasteiger partial charge in [0.05, 0.1) is 0 Å². The quantitative estimate of drug-likeness (QED) is 0.650. The van der Waals surface area contributed by atoms with E-state index in [9.17, 15) is 0 Å². The second-order valence-corrected chi connectivity index (χ2v) is 5.59. The van der Waals surface area contributed by atoms with Crippen molar-refractivity contribution in [2.45, 2.75) is 58.3 Å². The first-order chi connectivity index (χ1) is 8.40. The van der Waals surface area contributed by atoms with E-state index in [1.54, 1.807) is 0 Å². The van der Waals surface area contributed by atoms with E-state index in [-0.39, 0.29) is 0 Å². The summed E-state index contributed by atoms with van der Waals surface area (Å²) in [6.07, 6.45) is 11.5. The number of aryl methyl sites for hydroxylation is 1. The summed E-state index contributed by atoms with van der Waals surface area (Å²) in [5, 5.41) is 0. The maximum absolute atomic E-state index is 2.38. The molecule has 1 aromatic rings. The van der Waals surface area contributed by atoms with E-state index < -0.39 is 0 Å². The van der Waals surface area contributed by atoms with E-state index in [1.807, 2.05) is 0 Å². The molecule has 0 aromatic heterocycles. The van der Waals surface area contributed by atoms with Gasteiger partial charge in [-0.15, -0.1) is 0 Å². The van der Waals surface area contributed by atoms with Gasteiger partial charge in [0.15, 0.2) is 0 Å². The van der Waals surface area contributed by atoms with Gasteiger partial charge in [-0.05, 0) is 30.2 Å². The zero-order chi connectivity index (χ0) is 11.9. The maximum atomic E-state index is 2.38. The number of hydrogen-bond donors (Lipinski definition) is 0. The Morgan fingerprint density at radius 3 is 2.41 bits per heavy atom. The summed E-state index contributed by atoms with van der Waals surface area (Å²) < 4.78 is 0. The molecule has 1 fully saturated rings. The molecular weight excluding hydrogens is 204 g/mol. The molecule has 0 amide bonds. The number of benzene rings is 1. The van der Waals surface area contributed by atoms with Crippen molar-refractivity contribution in [2.24, 2.45) is 11.8 Å². The molecule has 0 bridgehead atoms. The van der Waals surface area contributed by atoms with Crippen LogP contribution in [0.2, 0.25) is 0 Å². The highest BCUT2D eigenvalue weighted by Crippen LogP contribution is 2.34. The first kappa shape index (κ1) is 12.7. The van der Waals surface area contributed by atoms with E-state index in [1.165, 1.54) is 56.9 Å². The van der Waals surface area contributed by atoms with Crippen LogP contribution in [0.25, 0.3) is 0 Å². The second kappa shape index (κ2) is 6.83. The van der Waals surface area contributed by atoms with E-state index >= 15 is 0 Å². The molecule has 2 rings (SSSR count). The van der Waals surface area contributed by atoms with Gasteiger partial charge in [0.2, 0.25) is 0 Å². The molecule has 17 heavy (non-hydrogen) atoms. The molecule has 0 aliphatic heterocycles. The van der Waals surface area contributed by atoms with Gasteiger partial charge in [-0.25, -0.2) is 0 Å². The molecule has 0 radical (unpaired) electrons. The largest absolute Gasteiger partial charge is 0.0651 e. The van der Waals surface area contributed by atoms with Crippen molar-refractivity contribution >= 4 is 0 Å². The number of rotatable bonds is 5. The third-order valence-electron chi connectivity index (χ3n) is 4.49. The third-order valence-corrected chi connectivity index (χ3v) is 4.49. The van der Waals surface area contributed by atoms with Crippen LogP contribution in [0.3, 0.4) is 0 Å². The van der Waals surface area contributed by atoms with Gasteiger partial charge in [0, 0.05) is 0 Å². The van der Waals surface area contributed by atoms with Crippen molar-refractivity contribution in [3.8, 4) is 0 Å². The average Bonchev–Trinajstić information content (AvgIpc) is 2.42. The van der Waals surface area contributed by atoms with Crippen LogP contribution in [0, 0.1) is 11.8 Å². The van der Waals surface area contributed by atoms with Gasteiger partial charge in [-0.2, -0.15) is 0 Å². The third kappa shape index (κ3) is 3.87. The topological polar surface area (TPSA) is 0 Å². The van der Waals surface area contributed by atoms with Crippen LogP contribution >= 0.6 is 0 Å². The summed E-state index contributed by atoms with van der Waals surface area (Å²) in [7, 11) is 0. The molecule has 1 aliphatic rings. The molecule has 1 saturated carbocycles. The van der Waals surface area contributed by atoms with Crippen LogP contribution in [0.1, 0.15) is 57.4 Å². The minimum atomic E-state index is 0.968. The lowest BCUT2D eigenvalue weighted by molar-refractivity contribution is 0.230. The monoisotopic (exact) mass is 230 g/mol. The van der Waals surface area contributed by atoms with Gasteiger partial charge >= 0.3 is 0 Å². The highest BCUT2D eigenvalue weighted by molar-refractivity contribution is 5.14. The first-order valence-electron chi connectivity index (χ1n) is 7.44. The smallest absolute Gasteiger partial charge is 0.0276 e. The molecule has 94 valence electrons. The zero-order valence-corrected chi connectivity index (χ0v) is 11.2. The molecule has 0 spiro atoms. The van der Waals surface area contributed by atoms with Gasteiger partial charge in [0.25, 0.3) is 0 Å². The lowest BCUT2D eigenvalue weighted by atomic mass is 9.76. The van der Waals surface area contributed by atoms with E-state index in [2.05, 4.69) is 37.3 Å². The van der Waals surface area contributed by atoms with Crippen molar-refractivity contribution in [3.63, 3.8) is 0 Å². The fraction of sp³-hybridized carbons (Fsp3) is 0.647. The highest BCUT2D eigenvalue weighted by Gasteiger charge is 2.21. The molecular formula is C17H26. The van der Waals surface area contributed by atoms with Crippen molar-refractivity contribution in [1.29, 1.82) is 0 Å². The second-order valence-electron chi connectivity index (χ2n) is 5.59. The molecule has 1 atom stereocenters. The molecule has 0 heteroatoms. The number of hydrogen-bond acceptors (Lipinski definition) is 0. The summed E-state index contributed by atoms with van der Waals surface area (Å²) in [6, 6.07) is 11.0. The summed E-state index contributed by atoms with van der Waals surface area (Å²) in [4.78, 5) is 0. The van der Waals surface area contributed by atoms with Crippen LogP contribution < -0.4 is 0 Å². The lowest BCUT2D eigenvalue weighted by Gasteiger charge is -2.29. The van der Waals surface area contributed by atoms with Gasteiger partial charge in [-0.3, -0.25) is 0 Å². The standard InChI is InChI=1S/C17H26/c1-2-16(17-11-7-4-8-12-17)14-13-15-9-5-3-6-10-15/h3,5-6,9-10,16-17H,2,4,7-8,11-14H2,1H3/t16-/m1/s1. The van der Waals surface area contributed by atoms with Crippen molar-refractivity contribution in [2.75, 3.05) is 0 Å².